The van der Waals surface area contributed by atoms with E-state index in [-0.39, 0.29) is 18.8 Å². The van der Waals surface area contributed by atoms with Crippen molar-refractivity contribution in [1.29, 1.82) is 0 Å². The third kappa shape index (κ3) is 5.64. The first-order valence-corrected chi connectivity index (χ1v) is 6.62. The fourth-order valence-electron chi connectivity index (χ4n) is 1.96. The molecule has 0 spiro atoms. The average molecular weight is 286 g/mol. The molecule has 2 atom stereocenters. The topological polar surface area (TPSA) is 113 Å². The molecular formula is C12H22N4O4. The van der Waals surface area contributed by atoms with E-state index in [0.717, 1.165) is 12.6 Å². The third-order valence-electron chi connectivity index (χ3n) is 2.90. The molecule has 8 heteroatoms. The molecule has 0 aliphatic carbocycles. The molecule has 0 saturated carbocycles. The van der Waals surface area contributed by atoms with E-state index in [1.165, 1.54) is 10.9 Å². The monoisotopic (exact) mass is 286 g/mol. The summed E-state index contributed by atoms with van der Waals surface area (Å²) in [6, 6.07) is 0. The molecule has 0 bridgehead atoms. The zero-order valence-electron chi connectivity index (χ0n) is 11.8. The largest absolute Gasteiger partial charge is 0.390 e. The van der Waals surface area contributed by atoms with Crippen molar-refractivity contribution in [3.63, 3.8) is 0 Å². The molecular weight excluding hydrogens is 264 g/mol. The van der Waals surface area contributed by atoms with Gasteiger partial charge in [-0.15, -0.1) is 0 Å². The Labute approximate surface area is 117 Å². The second kappa shape index (κ2) is 7.32. The van der Waals surface area contributed by atoms with Crippen LogP contribution in [0.1, 0.15) is 26.7 Å². The van der Waals surface area contributed by atoms with Crippen LogP contribution >= 0.6 is 0 Å². The standard InChI is InChI=1S/C12H22N4O4/c1-3-4-12(2,18)9-13-6-11(17)8-15-7-10(5-14-15)16(19)20/h5,7,11,13,17-18H,3-4,6,8-9H2,1-2H3. The van der Waals surface area contributed by atoms with E-state index in [0.29, 0.717) is 13.0 Å². The van der Waals surface area contributed by atoms with Crippen LogP contribution in [0.3, 0.4) is 0 Å². The fraction of sp³-hybridized carbons (Fsp3) is 0.750. The minimum absolute atomic E-state index is 0.101. The van der Waals surface area contributed by atoms with E-state index in [9.17, 15) is 20.3 Å². The summed E-state index contributed by atoms with van der Waals surface area (Å²) in [5.41, 5.74) is -0.894. The highest BCUT2D eigenvalue weighted by Gasteiger charge is 2.19. The number of hydrogen-bond donors (Lipinski definition) is 3. The Morgan fingerprint density at radius 3 is 2.90 bits per heavy atom. The van der Waals surface area contributed by atoms with Gasteiger partial charge in [0.2, 0.25) is 0 Å². The van der Waals surface area contributed by atoms with Gasteiger partial charge < -0.3 is 15.5 Å². The number of hydrogen-bond acceptors (Lipinski definition) is 6. The van der Waals surface area contributed by atoms with E-state index in [1.54, 1.807) is 6.92 Å². The van der Waals surface area contributed by atoms with Crippen molar-refractivity contribution in [2.24, 2.45) is 0 Å². The van der Waals surface area contributed by atoms with E-state index >= 15 is 0 Å². The van der Waals surface area contributed by atoms with Crippen LogP contribution in [0.5, 0.6) is 0 Å². The van der Waals surface area contributed by atoms with Gasteiger partial charge in [-0.05, 0) is 13.3 Å². The van der Waals surface area contributed by atoms with Crippen LogP contribution < -0.4 is 5.32 Å². The van der Waals surface area contributed by atoms with Crippen molar-refractivity contribution >= 4 is 5.69 Å². The molecule has 1 aromatic heterocycles. The summed E-state index contributed by atoms with van der Waals surface area (Å²) < 4.78 is 1.33. The van der Waals surface area contributed by atoms with Crippen molar-refractivity contribution in [1.82, 2.24) is 15.1 Å². The number of aliphatic hydroxyl groups excluding tert-OH is 1. The molecule has 1 aromatic rings. The first-order valence-electron chi connectivity index (χ1n) is 6.62. The number of nitrogens with one attached hydrogen (secondary N) is 1. The summed E-state index contributed by atoms with van der Waals surface area (Å²) in [6.07, 6.45) is 3.25. The molecule has 114 valence electrons. The maximum Gasteiger partial charge on any atom is 0.306 e. The van der Waals surface area contributed by atoms with E-state index < -0.39 is 16.6 Å². The molecule has 0 amide bonds. The maximum absolute atomic E-state index is 10.5. The summed E-state index contributed by atoms with van der Waals surface area (Å²) in [4.78, 5) is 9.96. The first kappa shape index (κ1) is 16.5. The molecule has 1 rings (SSSR count). The van der Waals surface area contributed by atoms with Gasteiger partial charge in [-0.1, -0.05) is 13.3 Å². The van der Waals surface area contributed by atoms with Crippen molar-refractivity contribution in [2.75, 3.05) is 13.1 Å². The predicted octanol–water partition coefficient (Wildman–Crippen LogP) is 0.293. The number of aliphatic hydroxyl groups is 2. The highest BCUT2D eigenvalue weighted by Crippen LogP contribution is 2.10. The summed E-state index contributed by atoms with van der Waals surface area (Å²) in [5, 5.41) is 37.0. The van der Waals surface area contributed by atoms with Gasteiger partial charge >= 0.3 is 5.69 Å². The van der Waals surface area contributed by atoms with E-state index in [4.69, 9.17) is 0 Å². The van der Waals surface area contributed by atoms with Gasteiger partial charge in [0.1, 0.15) is 12.4 Å². The molecule has 0 radical (unpaired) electrons. The molecule has 3 N–H and O–H groups in total. The van der Waals surface area contributed by atoms with Crippen LogP contribution in [-0.4, -0.2) is 49.7 Å². The van der Waals surface area contributed by atoms with Gasteiger partial charge in [-0.3, -0.25) is 14.8 Å². The number of rotatable bonds is 9. The summed E-state index contributed by atoms with van der Waals surface area (Å²) >= 11 is 0. The Bertz CT molecular complexity index is 433. The van der Waals surface area contributed by atoms with Gasteiger partial charge in [0.05, 0.1) is 23.2 Å². The summed E-state index contributed by atoms with van der Waals surface area (Å²) in [6.45, 7) is 4.57. The quantitative estimate of drug-likeness (QED) is 0.444. The Balaban J connectivity index is 2.32. The zero-order valence-corrected chi connectivity index (χ0v) is 11.8. The van der Waals surface area contributed by atoms with Crippen LogP contribution in [0, 0.1) is 10.1 Å². The minimum atomic E-state index is -0.793. The third-order valence-corrected chi connectivity index (χ3v) is 2.90. The Morgan fingerprint density at radius 2 is 2.35 bits per heavy atom. The number of nitro groups is 1. The SMILES string of the molecule is CCCC(C)(O)CNCC(O)Cn1cc([N+](=O)[O-])cn1. The van der Waals surface area contributed by atoms with Gasteiger partial charge in [0.15, 0.2) is 0 Å². The second-order valence-electron chi connectivity index (χ2n) is 5.21. The van der Waals surface area contributed by atoms with Crippen molar-refractivity contribution < 1.29 is 15.1 Å². The zero-order chi connectivity index (χ0) is 15.2. The smallest absolute Gasteiger partial charge is 0.306 e. The van der Waals surface area contributed by atoms with Gasteiger partial charge in [0.25, 0.3) is 0 Å². The lowest BCUT2D eigenvalue weighted by Crippen LogP contribution is -2.41. The Hall–Kier alpha value is -1.51. The predicted molar refractivity (Wildman–Crippen MR) is 73.3 cm³/mol. The Morgan fingerprint density at radius 1 is 1.65 bits per heavy atom. The highest BCUT2D eigenvalue weighted by molar-refractivity contribution is 5.20. The lowest BCUT2D eigenvalue weighted by Gasteiger charge is -2.23. The molecule has 0 aliphatic heterocycles. The number of nitrogens with zero attached hydrogens (tertiary/aromatic N) is 3. The lowest BCUT2D eigenvalue weighted by molar-refractivity contribution is -0.385. The average Bonchev–Trinajstić information content (AvgIpc) is 2.77. The van der Waals surface area contributed by atoms with Gasteiger partial charge in [0, 0.05) is 13.1 Å². The number of aromatic nitrogens is 2. The van der Waals surface area contributed by atoms with Crippen LogP contribution in [0.2, 0.25) is 0 Å². The summed E-state index contributed by atoms with van der Waals surface area (Å²) in [7, 11) is 0. The van der Waals surface area contributed by atoms with Crippen LogP contribution in [-0.2, 0) is 6.54 Å². The Kier molecular flexibility index (Phi) is 6.05. The molecule has 0 fully saturated rings. The second-order valence-corrected chi connectivity index (χ2v) is 5.21. The lowest BCUT2D eigenvalue weighted by atomic mass is 10.0. The van der Waals surface area contributed by atoms with E-state index in [2.05, 4.69) is 10.4 Å². The molecule has 8 nitrogen and oxygen atoms in total. The van der Waals surface area contributed by atoms with Crippen molar-refractivity contribution in [3.05, 3.63) is 22.5 Å². The van der Waals surface area contributed by atoms with Crippen molar-refractivity contribution in [3.8, 4) is 0 Å². The van der Waals surface area contributed by atoms with Crippen LogP contribution in [0.25, 0.3) is 0 Å². The molecule has 1 heterocycles. The van der Waals surface area contributed by atoms with Crippen LogP contribution in [0.15, 0.2) is 12.4 Å². The first-order chi connectivity index (χ1) is 9.34. The molecule has 0 aliphatic rings. The van der Waals surface area contributed by atoms with E-state index in [1.807, 2.05) is 6.92 Å². The molecule has 0 aromatic carbocycles. The molecule has 0 saturated heterocycles. The highest BCUT2D eigenvalue weighted by atomic mass is 16.6. The summed E-state index contributed by atoms with van der Waals surface area (Å²) in [5.74, 6) is 0. The normalized spacial score (nSPS) is 15.8. The minimum Gasteiger partial charge on any atom is -0.390 e. The molecule has 20 heavy (non-hydrogen) atoms. The fourth-order valence-corrected chi connectivity index (χ4v) is 1.96. The van der Waals surface area contributed by atoms with Gasteiger partial charge in [-0.25, -0.2) is 0 Å². The van der Waals surface area contributed by atoms with Gasteiger partial charge in [-0.2, -0.15) is 5.10 Å². The van der Waals surface area contributed by atoms with Crippen molar-refractivity contribution in [2.45, 2.75) is 44.9 Å². The maximum atomic E-state index is 10.5. The van der Waals surface area contributed by atoms with Crippen LogP contribution in [0.4, 0.5) is 5.69 Å². The molecule has 2 unspecified atom stereocenters.